The fraction of sp³-hybridized carbons (Fsp3) is 0.652. The van der Waals surface area contributed by atoms with Crippen LogP contribution >= 0.6 is 11.6 Å². The lowest BCUT2D eigenvalue weighted by molar-refractivity contribution is 0.00198. The molecular weight excluding hydrogens is 431 g/mol. The van der Waals surface area contributed by atoms with Crippen LogP contribution in [-0.2, 0) is 14.0 Å². The molecule has 0 N–H and O–H groups in total. The summed E-state index contributed by atoms with van der Waals surface area (Å²) in [4.78, 5) is 29.0. The van der Waals surface area contributed by atoms with Crippen LogP contribution in [0.4, 0.5) is 4.79 Å². The SMILES string of the molecule is CC1CN(C(=O)c2ccc(B3OC(C)(C)C(C)(C)O3)cc2Cl)CCN1C(=O)OC(C)(C)C. The number of amides is 2. The van der Waals surface area contributed by atoms with E-state index in [2.05, 4.69) is 0 Å². The highest BCUT2D eigenvalue weighted by atomic mass is 35.5. The van der Waals surface area contributed by atoms with Gasteiger partial charge in [0.15, 0.2) is 0 Å². The number of carbonyl (C=O) groups excluding carboxylic acids is 2. The summed E-state index contributed by atoms with van der Waals surface area (Å²) in [5.41, 5.74) is -0.278. The standard InChI is InChI=1S/C23H34BClN2O5/c1-15-14-26(11-12-27(15)20(29)30-21(2,3)4)19(28)17-10-9-16(13-18(17)25)24-31-22(5,6)23(7,8)32-24/h9-10,13,15H,11-12,14H2,1-8H3. The predicted molar refractivity (Wildman–Crippen MR) is 125 cm³/mol. The van der Waals surface area contributed by atoms with Gasteiger partial charge in [0.2, 0.25) is 0 Å². The van der Waals surface area contributed by atoms with E-state index in [1.807, 2.05) is 61.5 Å². The van der Waals surface area contributed by atoms with Crippen molar-refractivity contribution in [3.05, 3.63) is 28.8 Å². The minimum atomic E-state index is -0.559. The first kappa shape index (κ1) is 24.9. The van der Waals surface area contributed by atoms with Crippen molar-refractivity contribution in [2.45, 2.75) is 78.2 Å². The van der Waals surface area contributed by atoms with Gasteiger partial charge in [0.1, 0.15) is 5.60 Å². The second-order valence-corrected chi connectivity index (χ2v) is 11.0. The summed E-state index contributed by atoms with van der Waals surface area (Å²) < 4.78 is 17.6. The molecule has 2 saturated heterocycles. The van der Waals surface area contributed by atoms with Crippen LogP contribution in [-0.4, -0.2) is 71.4 Å². The predicted octanol–water partition coefficient (Wildman–Crippen LogP) is 3.72. The van der Waals surface area contributed by atoms with Gasteiger partial charge in [0, 0.05) is 25.7 Å². The van der Waals surface area contributed by atoms with Crippen LogP contribution in [0, 0.1) is 0 Å². The monoisotopic (exact) mass is 464 g/mol. The van der Waals surface area contributed by atoms with E-state index in [-0.39, 0.29) is 18.0 Å². The van der Waals surface area contributed by atoms with Gasteiger partial charge in [-0.3, -0.25) is 4.79 Å². The van der Waals surface area contributed by atoms with Gasteiger partial charge in [-0.05, 0) is 73.0 Å². The highest BCUT2D eigenvalue weighted by molar-refractivity contribution is 6.62. The Balaban J connectivity index is 1.68. The first-order chi connectivity index (χ1) is 14.6. The average Bonchev–Trinajstić information content (AvgIpc) is 2.87. The van der Waals surface area contributed by atoms with Crippen molar-refractivity contribution in [3.8, 4) is 0 Å². The van der Waals surface area contributed by atoms with Gasteiger partial charge in [0.25, 0.3) is 5.91 Å². The molecule has 9 heteroatoms. The van der Waals surface area contributed by atoms with Gasteiger partial charge >= 0.3 is 13.2 Å². The molecule has 2 aliphatic rings. The molecule has 3 rings (SSSR count). The fourth-order valence-corrected chi connectivity index (χ4v) is 4.00. The molecule has 0 bridgehead atoms. The summed E-state index contributed by atoms with van der Waals surface area (Å²) in [5, 5.41) is 0.351. The summed E-state index contributed by atoms with van der Waals surface area (Å²) in [6.45, 7) is 16.6. The molecule has 2 heterocycles. The van der Waals surface area contributed by atoms with Crippen LogP contribution in [0.15, 0.2) is 18.2 Å². The second kappa shape index (κ2) is 8.54. The van der Waals surface area contributed by atoms with Gasteiger partial charge in [0.05, 0.1) is 21.8 Å². The number of carbonyl (C=O) groups is 2. The zero-order valence-electron chi connectivity index (χ0n) is 20.3. The lowest BCUT2D eigenvalue weighted by Gasteiger charge is -2.40. The lowest BCUT2D eigenvalue weighted by atomic mass is 9.79. The Hall–Kier alpha value is -1.77. The van der Waals surface area contributed by atoms with E-state index >= 15 is 0 Å². The molecule has 1 aromatic carbocycles. The van der Waals surface area contributed by atoms with Crippen LogP contribution in [0.3, 0.4) is 0 Å². The fourth-order valence-electron chi connectivity index (χ4n) is 3.73. The molecule has 0 aromatic heterocycles. The number of rotatable bonds is 2. The van der Waals surface area contributed by atoms with E-state index in [0.717, 1.165) is 5.46 Å². The number of hydrogen-bond acceptors (Lipinski definition) is 5. The largest absolute Gasteiger partial charge is 0.494 e. The summed E-state index contributed by atoms with van der Waals surface area (Å²) >= 11 is 6.51. The normalized spacial score (nSPS) is 22.8. The van der Waals surface area contributed by atoms with Crippen LogP contribution < -0.4 is 5.46 Å². The zero-order valence-corrected chi connectivity index (χ0v) is 21.1. The highest BCUT2D eigenvalue weighted by Gasteiger charge is 2.51. The topological polar surface area (TPSA) is 68.3 Å². The van der Waals surface area contributed by atoms with Crippen molar-refractivity contribution in [2.75, 3.05) is 19.6 Å². The minimum absolute atomic E-state index is 0.161. The maximum atomic E-state index is 13.2. The molecule has 32 heavy (non-hydrogen) atoms. The van der Waals surface area contributed by atoms with Crippen molar-refractivity contribution in [2.24, 2.45) is 0 Å². The van der Waals surface area contributed by atoms with Crippen molar-refractivity contribution < 1.29 is 23.6 Å². The molecule has 0 saturated carbocycles. The van der Waals surface area contributed by atoms with E-state index < -0.39 is 23.9 Å². The molecule has 2 amide bonds. The van der Waals surface area contributed by atoms with Crippen molar-refractivity contribution >= 4 is 36.2 Å². The van der Waals surface area contributed by atoms with Crippen molar-refractivity contribution in [1.82, 2.24) is 9.80 Å². The van der Waals surface area contributed by atoms with Crippen LogP contribution in [0.5, 0.6) is 0 Å². The number of benzene rings is 1. The van der Waals surface area contributed by atoms with Crippen LogP contribution in [0.25, 0.3) is 0 Å². The van der Waals surface area contributed by atoms with Gasteiger partial charge < -0.3 is 23.8 Å². The minimum Gasteiger partial charge on any atom is -0.444 e. The summed E-state index contributed by atoms with van der Waals surface area (Å²) in [7, 11) is -0.543. The molecule has 176 valence electrons. The molecule has 1 atom stereocenters. The molecule has 2 aliphatic heterocycles. The average molecular weight is 465 g/mol. The lowest BCUT2D eigenvalue weighted by Crippen LogP contribution is -2.56. The third kappa shape index (κ3) is 5.08. The van der Waals surface area contributed by atoms with Crippen molar-refractivity contribution in [3.63, 3.8) is 0 Å². The Labute approximate surface area is 196 Å². The van der Waals surface area contributed by atoms with Crippen molar-refractivity contribution in [1.29, 1.82) is 0 Å². The third-order valence-corrected chi connectivity index (χ3v) is 6.60. The van der Waals surface area contributed by atoms with Gasteiger partial charge in [-0.25, -0.2) is 4.79 Å². The first-order valence-corrected chi connectivity index (χ1v) is 11.4. The smallest absolute Gasteiger partial charge is 0.444 e. The summed E-state index contributed by atoms with van der Waals surface area (Å²) in [5.74, 6) is -0.161. The number of ether oxygens (including phenoxy) is 1. The maximum absolute atomic E-state index is 13.2. The summed E-state index contributed by atoms with van der Waals surface area (Å²) in [6.07, 6.45) is -0.359. The Bertz CT molecular complexity index is 883. The number of hydrogen-bond donors (Lipinski definition) is 0. The van der Waals surface area contributed by atoms with Gasteiger partial charge in [-0.1, -0.05) is 17.7 Å². The molecular formula is C23H34BClN2O5. The Morgan fingerprint density at radius 2 is 1.72 bits per heavy atom. The quantitative estimate of drug-likeness (QED) is 0.624. The zero-order chi connectivity index (χ0) is 24.1. The summed E-state index contributed by atoms with van der Waals surface area (Å²) in [6, 6.07) is 5.11. The maximum Gasteiger partial charge on any atom is 0.494 e. The van der Waals surface area contributed by atoms with E-state index in [0.29, 0.717) is 30.2 Å². The number of piperazine rings is 1. The van der Waals surface area contributed by atoms with Gasteiger partial charge in [-0.2, -0.15) is 0 Å². The van der Waals surface area contributed by atoms with E-state index in [1.54, 1.807) is 21.9 Å². The van der Waals surface area contributed by atoms with E-state index in [4.69, 9.17) is 25.6 Å². The number of nitrogens with zero attached hydrogens (tertiary/aromatic N) is 2. The molecule has 1 aromatic rings. The molecule has 1 unspecified atom stereocenters. The van der Waals surface area contributed by atoms with E-state index in [9.17, 15) is 9.59 Å². The van der Waals surface area contributed by atoms with Crippen LogP contribution in [0.1, 0.15) is 65.7 Å². The highest BCUT2D eigenvalue weighted by Crippen LogP contribution is 2.36. The Kier molecular flexibility index (Phi) is 6.64. The van der Waals surface area contributed by atoms with Crippen LogP contribution in [0.2, 0.25) is 5.02 Å². The molecule has 0 spiro atoms. The molecule has 0 radical (unpaired) electrons. The molecule has 7 nitrogen and oxygen atoms in total. The Morgan fingerprint density at radius 3 is 2.22 bits per heavy atom. The Morgan fingerprint density at radius 1 is 1.12 bits per heavy atom. The molecule has 0 aliphatic carbocycles. The van der Waals surface area contributed by atoms with E-state index in [1.165, 1.54) is 0 Å². The third-order valence-electron chi connectivity index (χ3n) is 6.29. The van der Waals surface area contributed by atoms with Gasteiger partial charge in [-0.15, -0.1) is 0 Å². The second-order valence-electron chi connectivity index (χ2n) is 10.6. The number of halogens is 1. The molecule has 2 fully saturated rings. The first-order valence-electron chi connectivity index (χ1n) is 11.1.